The molecule has 0 aliphatic rings. The molecule has 2 aromatic carbocycles. The zero-order valence-electron chi connectivity index (χ0n) is 13.8. The minimum absolute atomic E-state index is 0.108. The van der Waals surface area contributed by atoms with E-state index in [9.17, 15) is 9.59 Å². The summed E-state index contributed by atoms with van der Waals surface area (Å²) in [6.45, 7) is 1.90. The highest BCUT2D eigenvalue weighted by Crippen LogP contribution is 2.17. The topological polar surface area (TPSA) is 74.8 Å². The number of aromatic nitrogens is 2. The van der Waals surface area contributed by atoms with Gasteiger partial charge in [0.25, 0.3) is 5.56 Å². The van der Waals surface area contributed by atoms with Crippen LogP contribution in [-0.4, -0.2) is 15.9 Å². The van der Waals surface area contributed by atoms with Crippen LogP contribution in [0.2, 0.25) is 5.02 Å². The zero-order chi connectivity index (χ0) is 17.8. The minimum atomic E-state index is -0.187. The number of aryl methyl sites for hydroxylation is 1. The van der Waals surface area contributed by atoms with E-state index in [0.717, 1.165) is 5.56 Å². The maximum Gasteiger partial charge on any atom is 0.258 e. The predicted molar refractivity (Wildman–Crippen MR) is 98.7 cm³/mol. The maximum atomic E-state index is 12.2. The lowest BCUT2D eigenvalue weighted by atomic mass is 10.1. The van der Waals surface area contributed by atoms with Crippen molar-refractivity contribution >= 4 is 28.4 Å². The second-order valence-corrected chi connectivity index (χ2v) is 6.31. The van der Waals surface area contributed by atoms with Crippen LogP contribution in [0.15, 0.2) is 53.3 Å². The largest absolute Gasteiger partial charge is 0.350 e. The Kier molecular flexibility index (Phi) is 5.14. The first-order valence-electron chi connectivity index (χ1n) is 8.05. The van der Waals surface area contributed by atoms with Crippen LogP contribution in [-0.2, 0) is 11.2 Å². The second kappa shape index (κ2) is 7.49. The SMILES string of the molecule is CC(NC(=O)CCc1nc2ccccc2c(=O)[nH]1)c1cccc(Cl)c1. The van der Waals surface area contributed by atoms with Crippen molar-refractivity contribution in [2.24, 2.45) is 0 Å². The van der Waals surface area contributed by atoms with Gasteiger partial charge in [-0.05, 0) is 36.8 Å². The highest BCUT2D eigenvalue weighted by Gasteiger charge is 2.11. The van der Waals surface area contributed by atoms with Crippen molar-refractivity contribution in [1.82, 2.24) is 15.3 Å². The number of benzene rings is 2. The van der Waals surface area contributed by atoms with Crippen molar-refractivity contribution < 1.29 is 4.79 Å². The molecule has 0 fully saturated rings. The van der Waals surface area contributed by atoms with Gasteiger partial charge in [0, 0.05) is 17.9 Å². The molecule has 0 bridgehead atoms. The molecule has 1 heterocycles. The standard InChI is InChI=1S/C19H18ClN3O2/c1-12(13-5-4-6-14(20)11-13)21-18(24)10-9-17-22-16-8-3-2-7-15(16)19(25)23-17/h2-8,11-12H,9-10H2,1H3,(H,21,24)(H,22,23,25). The number of halogens is 1. The number of carbonyl (C=O) groups excluding carboxylic acids is 1. The van der Waals surface area contributed by atoms with Crippen LogP contribution < -0.4 is 10.9 Å². The number of rotatable bonds is 5. The molecule has 128 valence electrons. The third kappa shape index (κ3) is 4.25. The fraction of sp³-hybridized carbons (Fsp3) is 0.211. The molecule has 6 heteroatoms. The van der Waals surface area contributed by atoms with Crippen LogP contribution in [0.5, 0.6) is 0 Å². The molecule has 0 spiro atoms. The number of hydrogen-bond acceptors (Lipinski definition) is 3. The lowest BCUT2D eigenvalue weighted by Gasteiger charge is -2.14. The van der Waals surface area contributed by atoms with E-state index in [1.54, 1.807) is 24.3 Å². The van der Waals surface area contributed by atoms with Crippen LogP contribution in [0.3, 0.4) is 0 Å². The zero-order valence-corrected chi connectivity index (χ0v) is 14.5. The summed E-state index contributed by atoms with van der Waals surface area (Å²) in [6.07, 6.45) is 0.611. The second-order valence-electron chi connectivity index (χ2n) is 5.87. The number of nitrogens with one attached hydrogen (secondary N) is 2. The summed E-state index contributed by atoms with van der Waals surface area (Å²) in [5.41, 5.74) is 1.39. The molecule has 25 heavy (non-hydrogen) atoms. The Bertz CT molecular complexity index is 968. The van der Waals surface area contributed by atoms with Gasteiger partial charge in [0.05, 0.1) is 16.9 Å². The van der Waals surface area contributed by atoms with E-state index in [1.807, 2.05) is 31.2 Å². The van der Waals surface area contributed by atoms with E-state index in [0.29, 0.717) is 28.2 Å². The molecule has 1 amide bonds. The molecule has 0 saturated heterocycles. The number of H-pyrrole nitrogens is 1. The fourth-order valence-electron chi connectivity index (χ4n) is 2.66. The molecule has 0 aliphatic carbocycles. The smallest absolute Gasteiger partial charge is 0.258 e. The Balaban J connectivity index is 1.63. The third-order valence-corrected chi connectivity index (χ3v) is 4.21. The number of amides is 1. The summed E-state index contributed by atoms with van der Waals surface area (Å²) in [7, 11) is 0. The summed E-state index contributed by atoms with van der Waals surface area (Å²) in [6, 6.07) is 14.4. The van der Waals surface area contributed by atoms with Gasteiger partial charge in [-0.3, -0.25) is 9.59 Å². The number of fused-ring (bicyclic) bond motifs is 1. The number of para-hydroxylation sites is 1. The van der Waals surface area contributed by atoms with Gasteiger partial charge in [-0.15, -0.1) is 0 Å². The van der Waals surface area contributed by atoms with Crippen LogP contribution in [0.1, 0.15) is 30.8 Å². The van der Waals surface area contributed by atoms with Crippen molar-refractivity contribution in [3.63, 3.8) is 0 Å². The average Bonchev–Trinajstić information content (AvgIpc) is 2.60. The minimum Gasteiger partial charge on any atom is -0.350 e. The van der Waals surface area contributed by atoms with Gasteiger partial charge < -0.3 is 10.3 Å². The van der Waals surface area contributed by atoms with Crippen molar-refractivity contribution in [3.05, 3.63) is 75.3 Å². The van der Waals surface area contributed by atoms with Crippen LogP contribution >= 0.6 is 11.6 Å². The third-order valence-electron chi connectivity index (χ3n) is 3.98. The average molecular weight is 356 g/mol. The van der Waals surface area contributed by atoms with Crippen molar-refractivity contribution in [2.75, 3.05) is 0 Å². The van der Waals surface area contributed by atoms with E-state index < -0.39 is 0 Å². The van der Waals surface area contributed by atoms with Crippen molar-refractivity contribution in [2.45, 2.75) is 25.8 Å². The van der Waals surface area contributed by atoms with Gasteiger partial charge in [0.2, 0.25) is 5.91 Å². The van der Waals surface area contributed by atoms with Gasteiger partial charge >= 0.3 is 0 Å². The molecular weight excluding hydrogens is 338 g/mol. The summed E-state index contributed by atoms with van der Waals surface area (Å²) in [5.74, 6) is 0.401. The van der Waals surface area contributed by atoms with Gasteiger partial charge in [-0.2, -0.15) is 0 Å². The molecule has 0 saturated carbocycles. The lowest BCUT2D eigenvalue weighted by molar-refractivity contribution is -0.121. The highest BCUT2D eigenvalue weighted by atomic mass is 35.5. The molecule has 1 aromatic heterocycles. The Hall–Kier alpha value is -2.66. The molecular formula is C19H18ClN3O2. The Morgan fingerprint density at radius 3 is 2.84 bits per heavy atom. The number of nitrogens with zero attached hydrogens (tertiary/aromatic N) is 1. The first-order valence-corrected chi connectivity index (χ1v) is 8.43. The van der Waals surface area contributed by atoms with E-state index in [1.165, 1.54) is 0 Å². The Labute approximate surface area is 150 Å². The monoisotopic (exact) mass is 355 g/mol. The van der Waals surface area contributed by atoms with Gasteiger partial charge in [-0.1, -0.05) is 35.9 Å². The van der Waals surface area contributed by atoms with E-state index in [2.05, 4.69) is 15.3 Å². The highest BCUT2D eigenvalue weighted by molar-refractivity contribution is 6.30. The first-order chi connectivity index (χ1) is 12.0. The summed E-state index contributed by atoms with van der Waals surface area (Å²) < 4.78 is 0. The summed E-state index contributed by atoms with van der Waals surface area (Å²) >= 11 is 5.97. The predicted octanol–water partition coefficient (Wildman–Crippen LogP) is 3.39. The molecule has 0 radical (unpaired) electrons. The first kappa shape index (κ1) is 17.2. The summed E-state index contributed by atoms with van der Waals surface area (Å²) in [5, 5.41) is 4.11. The molecule has 1 atom stereocenters. The van der Waals surface area contributed by atoms with Crippen LogP contribution in [0, 0.1) is 0 Å². The molecule has 3 aromatic rings. The molecule has 3 rings (SSSR count). The van der Waals surface area contributed by atoms with Gasteiger partial charge in [0.1, 0.15) is 5.82 Å². The van der Waals surface area contributed by atoms with Crippen LogP contribution in [0.4, 0.5) is 0 Å². The maximum absolute atomic E-state index is 12.2. The lowest BCUT2D eigenvalue weighted by Crippen LogP contribution is -2.27. The van der Waals surface area contributed by atoms with Gasteiger partial charge in [0.15, 0.2) is 0 Å². The van der Waals surface area contributed by atoms with Crippen molar-refractivity contribution in [3.8, 4) is 0 Å². The molecule has 1 unspecified atom stereocenters. The summed E-state index contributed by atoms with van der Waals surface area (Å²) in [4.78, 5) is 31.3. The Morgan fingerprint density at radius 1 is 1.24 bits per heavy atom. The quantitative estimate of drug-likeness (QED) is 0.736. The van der Waals surface area contributed by atoms with E-state index >= 15 is 0 Å². The fourth-order valence-corrected chi connectivity index (χ4v) is 2.86. The van der Waals surface area contributed by atoms with Crippen LogP contribution in [0.25, 0.3) is 10.9 Å². The normalized spacial score (nSPS) is 12.1. The van der Waals surface area contributed by atoms with E-state index in [4.69, 9.17) is 11.6 Å². The number of aromatic amines is 1. The Morgan fingerprint density at radius 2 is 2.04 bits per heavy atom. The molecule has 5 nitrogen and oxygen atoms in total. The van der Waals surface area contributed by atoms with Gasteiger partial charge in [-0.25, -0.2) is 4.98 Å². The number of hydrogen-bond donors (Lipinski definition) is 2. The molecule has 0 aliphatic heterocycles. The van der Waals surface area contributed by atoms with Crippen molar-refractivity contribution in [1.29, 1.82) is 0 Å². The van der Waals surface area contributed by atoms with E-state index in [-0.39, 0.29) is 23.9 Å². The number of carbonyl (C=O) groups is 1. The molecule has 2 N–H and O–H groups in total.